The number of nitrogens with zero attached hydrogens (tertiary/aromatic N) is 2. The van der Waals surface area contributed by atoms with Gasteiger partial charge in [-0.2, -0.15) is 5.26 Å². The Kier molecular flexibility index (Phi) is 2.17. The fourth-order valence-electron chi connectivity index (χ4n) is 0.829. The Morgan fingerprint density at radius 1 is 1.73 bits per heavy atom. The molecule has 1 aromatic heterocycles. The third kappa shape index (κ3) is 1.74. The number of aromatic nitrogens is 1. The maximum Gasteiger partial charge on any atom is 0.141 e. The number of nitriles is 1. The highest BCUT2D eigenvalue weighted by Crippen LogP contribution is 2.06. The summed E-state index contributed by atoms with van der Waals surface area (Å²) < 4.78 is 12.4. The van der Waals surface area contributed by atoms with Crippen molar-refractivity contribution in [3.8, 4) is 6.07 Å². The average Bonchev–Trinajstić information content (AvgIpc) is 1.95. The number of rotatable bonds is 1. The van der Waals surface area contributed by atoms with Crippen LogP contribution in [0.1, 0.15) is 11.3 Å². The highest BCUT2D eigenvalue weighted by Gasteiger charge is 1.99. The van der Waals surface area contributed by atoms with Crippen LogP contribution in [0, 0.1) is 24.1 Å². The van der Waals surface area contributed by atoms with Crippen molar-refractivity contribution >= 4 is 0 Å². The highest BCUT2D eigenvalue weighted by molar-refractivity contribution is 5.21. The van der Waals surface area contributed by atoms with E-state index in [0.717, 1.165) is 11.8 Å². The van der Waals surface area contributed by atoms with Crippen molar-refractivity contribution in [3.05, 3.63) is 29.3 Å². The van der Waals surface area contributed by atoms with E-state index < -0.39 is 0 Å². The minimum Gasteiger partial charge on any atom is -0.257 e. The average molecular weight is 150 g/mol. The summed E-state index contributed by atoms with van der Waals surface area (Å²) in [5.74, 6) is -0.357. The van der Waals surface area contributed by atoms with Gasteiger partial charge in [-0.15, -0.1) is 0 Å². The summed E-state index contributed by atoms with van der Waals surface area (Å²) in [5.41, 5.74) is 1.38. The second kappa shape index (κ2) is 3.11. The van der Waals surface area contributed by atoms with E-state index in [2.05, 4.69) is 4.98 Å². The van der Waals surface area contributed by atoms with Gasteiger partial charge in [-0.1, -0.05) is 0 Å². The molecule has 0 radical (unpaired) electrons. The van der Waals surface area contributed by atoms with Gasteiger partial charge in [0.15, 0.2) is 0 Å². The van der Waals surface area contributed by atoms with Crippen LogP contribution in [0.5, 0.6) is 0 Å². The Hall–Kier alpha value is -1.43. The first-order valence-electron chi connectivity index (χ1n) is 3.22. The molecule has 56 valence electrons. The second-order valence-electron chi connectivity index (χ2n) is 2.25. The van der Waals surface area contributed by atoms with Crippen molar-refractivity contribution in [1.29, 1.82) is 5.26 Å². The lowest BCUT2D eigenvalue weighted by Crippen LogP contribution is -1.93. The maximum absolute atomic E-state index is 12.4. The highest BCUT2D eigenvalue weighted by atomic mass is 19.1. The van der Waals surface area contributed by atoms with Crippen molar-refractivity contribution in [3.63, 3.8) is 0 Å². The molecule has 0 aliphatic rings. The quantitative estimate of drug-likeness (QED) is 0.609. The molecular formula is C8H7FN2. The van der Waals surface area contributed by atoms with Crippen LogP contribution in [0.2, 0.25) is 0 Å². The largest absolute Gasteiger partial charge is 0.257 e. The molecule has 0 aliphatic heterocycles. The second-order valence-corrected chi connectivity index (χ2v) is 2.25. The third-order valence-electron chi connectivity index (χ3n) is 1.40. The van der Waals surface area contributed by atoms with Crippen LogP contribution in [0.15, 0.2) is 12.3 Å². The van der Waals surface area contributed by atoms with E-state index >= 15 is 0 Å². The van der Waals surface area contributed by atoms with Gasteiger partial charge >= 0.3 is 0 Å². The van der Waals surface area contributed by atoms with Gasteiger partial charge in [0.2, 0.25) is 0 Å². The van der Waals surface area contributed by atoms with E-state index in [-0.39, 0.29) is 12.2 Å². The number of aryl methyl sites for hydroxylation is 1. The zero-order chi connectivity index (χ0) is 8.27. The van der Waals surface area contributed by atoms with Crippen LogP contribution in [0.3, 0.4) is 0 Å². The molecule has 0 fully saturated rings. The maximum atomic E-state index is 12.4. The van der Waals surface area contributed by atoms with Crippen LogP contribution in [0.25, 0.3) is 0 Å². The lowest BCUT2D eigenvalue weighted by molar-refractivity contribution is 0.618. The minimum absolute atomic E-state index is 0.242. The van der Waals surface area contributed by atoms with Crippen molar-refractivity contribution in [1.82, 2.24) is 4.98 Å². The van der Waals surface area contributed by atoms with Gasteiger partial charge in [-0.05, 0) is 18.6 Å². The predicted molar refractivity (Wildman–Crippen MR) is 38.2 cm³/mol. The Morgan fingerprint density at radius 3 is 3.00 bits per heavy atom. The molecular weight excluding hydrogens is 143 g/mol. The first-order valence-corrected chi connectivity index (χ1v) is 3.22. The molecule has 11 heavy (non-hydrogen) atoms. The van der Waals surface area contributed by atoms with Crippen molar-refractivity contribution in [2.24, 2.45) is 0 Å². The van der Waals surface area contributed by atoms with Gasteiger partial charge in [0.1, 0.15) is 5.82 Å². The molecule has 0 unspecified atom stereocenters. The zero-order valence-corrected chi connectivity index (χ0v) is 6.13. The summed E-state index contributed by atoms with van der Waals surface area (Å²) in [6.07, 6.45) is 1.37. The Balaban J connectivity index is 3.01. The van der Waals surface area contributed by atoms with E-state index in [1.807, 2.05) is 6.07 Å². The molecule has 0 atom stereocenters. The van der Waals surface area contributed by atoms with E-state index in [4.69, 9.17) is 5.26 Å². The molecule has 2 nitrogen and oxygen atoms in total. The normalized spacial score (nSPS) is 9.18. The standard InChI is InChI=1S/C8H7FN2/c1-6-4-7(9)5-11-8(6)2-3-10/h4-5H,2H2,1H3. The number of hydrogen-bond donors (Lipinski definition) is 0. The molecule has 0 spiro atoms. The van der Waals surface area contributed by atoms with Crippen molar-refractivity contribution < 1.29 is 4.39 Å². The molecule has 0 saturated heterocycles. The Labute approximate surface area is 64.3 Å². The summed E-state index contributed by atoms with van der Waals surface area (Å²) >= 11 is 0. The first kappa shape index (κ1) is 7.67. The van der Waals surface area contributed by atoms with Crippen LogP contribution < -0.4 is 0 Å². The summed E-state index contributed by atoms with van der Waals surface area (Å²) in [4.78, 5) is 3.77. The molecule has 1 aromatic rings. The van der Waals surface area contributed by atoms with E-state index in [1.165, 1.54) is 6.07 Å². The topological polar surface area (TPSA) is 36.7 Å². The lowest BCUT2D eigenvalue weighted by atomic mass is 10.2. The lowest BCUT2D eigenvalue weighted by Gasteiger charge is -1.97. The molecule has 3 heteroatoms. The Bertz CT molecular complexity index is 301. The van der Waals surface area contributed by atoms with Crippen molar-refractivity contribution in [2.45, 2.75) is 13.3 Å². The fraction of sp³-hybridized carbons (Fsp3) is 0.250. The van der Waals surface area contributed by atoms with Crippen LogP contribution in [-0.2, 0) is 6.42 Å². The molecule has 1 heterocycles. The van der Waals surface area contributed by atoms with Crippen LogP contribution in [0.4, 0.5) is 4.39 Å². The predicted octanol–water partition coefficient (Wildman–Crippen LogP) is 1.60. The SMILES string of the molecule is Cc1cc(F)cnc1CC#N. The van der Waals surface area contributed by atoms with Crippen LogP contribution in [-0.4, -0.2) is 4.98 Å². The molecule has 0 N–H and O–H groups in total. The van der Waals surface area contributed by atoms with Gasteiger partial charge in [-0.25, -0.2) is 4.39 Å². The van der Waals surface area contributed by atoms with Gasteiger partial charge in [0.05, 0.1) is 24.4 Å². The van der Waals surface area contributed by atoms with Gasteiger partial charge < -0.3 is 0 Å². The number of halogens is 1. The van der Waals surface area contributed by atoms with E-state index in [0.29, 0.717) is 5.69 Å². The molecule has 0 aromatic carbocycles. The number of pyridine rings is 1. The fourth-order valence-corrected chi connectivity index (χ4v) is 0.829. The molecule has 0 aliphatic carbocycles. The molecule has 1 rings (SSSR count). The van der Waals surface area contributed by atoms with Gasteiger partial charge in [0, 0.05) is 0 Å². The molecule has 0 saturated carbocycles. The smallest absolute Gasteiger partial charge is 0.141 e. The van der Waals surface area contributed by atoms with E-state index in [1.54, 1.807) is 6.92 Å². The third-order valence-corrected chi connectivity index (χ3v) is 1.40. The first-order chi connectivity index (χ1) is 5.24. The summed E-state index contributed by atoms with van der Waals surface area (Å²) in [7, 11) is 0. The summed E-state index contributed by atoms with van der Waals surface area (Å²) in [6, 6.07) is 3.33. The van der Waals surface area contributed by atoms with Gasteiger partial charge in [-0.3, -0.25) is 4.98 Å². The summed E-state index contributed by atoms with van der Waals surface area (Å²) in [5, 5.41) is 8.33. The zero-order valence-electron chi connectivity index (χ0n) is 6.13. The molecule has 0 bridgehead atoms. The van der Waals surface area contributed by atoms with Gasteiger partial charge in [0.25, 0.3) is 0 Å². The van der Waals surface area contributed by atoms with Crippen molar-refractivity contribution in [2.75, 3.05) is 0 Å². The monoisotopic (exact) mass is 150 g/mol. The minimum atomic E-state index is -0.357. The summed E-state index contributed by atoms with van der Waals surface area (Å²) in [6.45, 7) is 1.74. The molecule has 0 amide bonds. The van der Waals surface area contributed by atoms with E-state index in [9.17, 15) is 4.39 Å². The van der Waals surface area contributed by atoms with Crippen LogP contribution >= 0.6 is 0 Å². The Morgan fingerprint density at radius 2 is 2.45 bits per heavy atom. The number of hydrogen-bond acceptors (Lipinski definition) is 2.